The summed E-state index contributed by atoms with van der Waals surface area (Å²) in [6, 6.07) is 16.7. The molecular formula is C19H13FN2O3. The predicted molar refractivity (Wildman–Crippen MR) is 90.4 cm³/mol. The molecule has 0 aliphatic rings. The quantitative estimate of drug-likeness (QED) is 0.599. The average molecular weight is 336 g/mol. The summed E-state index contributed by atoms with van der Waals surface area (Å²) in [5.74, 6) is 0.390. The number of rotatable bonds is 4. The van der Waals surface area contributed by atoms with Gasteiger partial charge in [-0.3, -0.25) is 4.79 Å². The lowest BCUT2D eigenvalue weighted by atomic mass is 10.2. The second-order valence-electron chi connectivity index (χ2n) is 5.56. The molecule has 25 heavy (non-hydrogen) atoms. The van der Waals surface area contributed by atoms with Gasteiger partial charge in [-0.1, -0.05) is 23.4 Å². The van der Waals surface area contributed by atoms with Gasteiger partial charge in [-0.2, -0.15) is 0 Å². The highest BCUT2D eigenvalue weighted by Gasteiger charge is 2.14. The molecule has 2 aromatic carbocycles. The van der Waals surface area contributed by atoms with Crippen LogP contribution in [0.5, 0.6) is 0 Å². The van der Waals surface area contributed by atoms with Gasteiger partial charge in [-0.25, -0.2) is 4.39 Å². The minimum absolute atomic E-state index is 0.0428. The number of carbonyl (C=O) groups excluding carboxylic acids is 1. The van der Waals surface area contributed by atoms with E-state index in [1.807, 2.05) is 30.3 Å². The van der Waals surface area contributed by atoms with Gasteiger partial charge in [-0.05, 0) is 36.4 Å². The summed E-state index contributed by atoms with van der Waals surface area (Å²) in [6.45, 7) is 0. The first-order valence-corrected chi connectivity index (χ1v) is 7.67. The van der Waals surface area contributed by atoms with Crippen molar-refractivity contribution >= 4 is 22.6 Å². The van der Waals surface area contributed by atoms with E-state index in [-0.39, 0.29) is 18.1 Å². The Morgan fingerprint density at radius 2 is 1.84 bits per heavy atom. The van der Waals surface area contributed by atoms with Crippen molar-refractivity contribution in [1.82, 2.24) is 5.16 Å². The van der Waals surface area contributed by atoms with Crippen molar-refractivity contribution in [1.29, 1.82) is 0 Å². The number of anilines is 1. The van der Waals surface area contributed by atoms with E-state index < -0.39 is 0 Å². The van der Waals surface area contributed by atoms with Crippen LogP contribution < -0.4 is 5.32 Å². The highest BCUT2D eigenvalue weighted by atomic mass is 19.1. The summed E-state index contributed by atoms with van der Waals surface area (Å²) in [6.07, 6.45) is 0.0428. The summed E-state index contributed by atoms with van der Waals surface area (Å²) in [4.78, 5) is 12.0. The van der Waals surface area contributed by atoms with Crippen molar-refractivity contribution < 1.29 is 18.1 Å². The molecule has 4 rings (SSSR count). The molecule has 0 atom stereocenters. The highest BCUT2D eigenvalue weighted by Crippen LogP contribution is 2.28. The Morgan fingerprint density at radius 3 is 2.64 bits per heavy atom. The maximum absolute atomic E-state index is 12.9. The normalized spacial score (nSPS) is 10.9. The van der Waals surface area contributed by atoms with Gasteiger partial charge in [0.25, 0.3) is 0 Å². The van der Waals surface area contributed by atoms with Gasteiger partial charge < -0.3 is 14.3 Å². The molecule has 0 aliphatic heterocycles. The van der Waals surface area contributed by atoms with Crippen LogP contribution in [0.25, 0.3) is 22.5 Å². The Hall–Kier alpha value is -3.41. The lowest BCUT2D eigenvalue weighted by Gasteiger charge is -2.02. The standard InChI is InChI=1S/C19H13FN2O3/c20-13-5-7-14(8-6-13)21-19(23)11-15-10-18(25-22-15)17-9-12-3-1-2-4-16(12)24-17/h1-10H,11H2,(H,21,23). The van der Waals surface area contributed by atoms with E-state index in [1.54, 1.807) is 6.07 Å². The fourth-order valence-corrected chi connectivity index (χ4v) is 2.52. The molecular weight excluding hydrogens is 323 g/mol. The molecule has 0 fully saturated rings. The van der Waals surface area contributed by atoms with Gasteiger partial charge in [0.1, 0.15) is 11.4 Å². The zero-order valence-corrected chi connectivity index (χ0v) is 13.0. The Balaban J connectivity index is 1.47. The lowest BCUT2D eigenvalue weighted by Crippen LogP contribution is -2.14. The highest BCUT2D eigenvalue weighted by molar-refractivity contribution is 5.92. The first-order valence-electron chi connectivity index (χ1n) is 7.67. The SMILES string of the molecule is O=C(Cc1cc(-c2cc3ccccc3o2)on1)Nc1ccc(F)cc1. The van der Waals surface area contributed by atoms with Gasteiger partial charge in [-0.15, -0.1) is 0 Å². The first kappa shape index (κ1) is 15.1. The summed E-state index contributed by atoms with van der Waals surface area (Å²) in [5.41, 5.74) is 1.76. The average Bonchev–Trinajstić information content (AvgIpc) is 3.23. The lowest BCUT2D eigenvalue weighted by molar-refractivity contribution is -0.115. The van der Waals surface area contributed by atoms with Crippen LogP contribution in [0, 0.1) is 5.82 Å². The minimum atomic E-state index is -0.357. The third-order valence-corrected chi connectivity index (χ3v) is 3.70. The van der Waals surface area contributed by atoms with Crippen molar-refractivity contribution in [3.63, 3.8) is 0 Å². The molecule has 4 aromatic rings. The fourth-order valence-electron chi connectivity index (χ4n) is 2.52. The van der Waals surface area contributed by atoms with E-state index in [4.69, 9.17) is 8.94 Å². The number of nitrogens with zero attached hydrogens (tertiary/aromatic N) is 1. The van der Waals surface area contributed by atoms with Crippen molar-refractivity contribution in [3.05, 3.63) is 72.2 Å². The van der Waals surface area contributed by atoms with Crippen molar-refractivity contribution in [2.24, 2.45) is 0 Å². The molecule has 1 N–H and O–H groups in total. The van der Waals surface area contributed by atoms with Crippen LogP contribution in [0.15, 0.2) is 69.6 Å². The predicted octanol–water partition coefficient (Wildman–Crippen LogP) is 4.41. The summed E-state index contributed by atoms with van der Waals surface area (Å²) < 4.78 is 23.9. The number of carbonyl (C=O) groups is 1. The van der Waals surface area contributed by atoms with Crippen molar-refractivity contribution in [2.45, 2.75) is 6.42 Å². The molecule has 1 amide bonds. The fraction of sp³-hybridized carbons (Fsp3) is 0.0526. The van der Waals surface area contributed by atoms with Gasteiger partial charge in [0.2, 0.25) is 11.7 Å². The topological polar surface area (TPSA) is 68.3 Å². The van der Waals surface area contributed by atoms with Crippen LogP contribution >= 0.6 is 0 Å². The van der Waals surface area contributed by atoms with Crippen LogP contribution in [0.4, 0.5) is 10.1 Å². The molecule has 2 aromatic heterocycles. The second-order valence-corrected chi connectivity index (χ2v) is 5.56. The van der Waals surface area contributed by atoms with Crippen LogP contribution in [-0.4, -0.2) is 11.1 Å². The van der Waals surface area contributed by atoms with Gasteiger partial charge in [0.05, 0.1) is 12.1 Å². The third kappa shape index (κ3) is 3.28. The van der Waals surface area contributed by atoms with Crippen molar-refractivity contribution in [3.8, 4) is 11.5 Å². The molecule has 0 saturated carbocycles. The Bertz CT molecular complexity index is 1000. The number of furan rings is 1. The summed E-state index contributed by atoms with van der Waals surface area (Å²) in [7, 11) is 0. The number of halogens is 1. The largest absolute Gasteiger partial charge is 0.453 e. The second kappa shape index (κ2) is 6.24. The van der Waals surface area contributed by atoms with E-state index >= 15 is 0 Å². The molecule has 0 aliphatic carbocycles. The van der Waals surface area contributed by atoms with Gasteiger partial charge in [0.15, 0.2) is 5.76 Å². The Labute approximate surface area is 142 Å². The molecule has 5 nitrogen and oxygen atoms in total. The maximum Gasteiger partial charge on any atom is 0.230 e. The van der Waals surface area contributed by atoms with Crippen molar-refractivity contribution in [2.75, 3.05) is 5.32 Å². The molecule has 0 unspecified atom stereocenters. The number of benzene rings is 2. The molecule has 0 bridgehead atoms. The minimum Gasteiger partial charge on any atom is -0.453 e. The van der Waals surface area contributed by atoms with Crippen LogP contribution in [0.3, 0.4) is 0 Å². The van der Waals surface area contributed by atoms with E-state index in [2.05, 4.69) is 10.5 Å². The summed E-state index contributed by atoms with van der Waals surface area (Å²) >= 11 is 0. The Morgan fingerprint density at radius 1 is 1.04 bits per heavy atom. The number of hydrogen-bond acceptors (Lipinski definition) is 4. The zero-order valence-electron chi connectivity index (χ0n) is 13.0. The maximum atomic E-state index is 12.9. The number of para-hydroxylation sites is 1. The molecule has 0 spiro atoms. The summed E-state index contributed by atoms with van der Waals surface area (Å²) in [5, 5.41) is 7.54. The third-order valence-electron chi connectivity index (χ3n) is 3.70. The Kier molecular flexibility index (Phi) is 3.78. The van der Waals surface area contributed by atoms with Crippen LogP contribution in [0.1, 0.15) is 5.69 Å². The van der Waals surface area contributed by atoms with Crippen LogP contribution in [-0.2, 0) is 11.2 Å². The van der Waals surface area contributed by atoms with Crippen LogP contribution in [0.2, 0.25) is 0 Å². The van der Waals surface area contributed by atoms with E-state index in [1.165, 1.54) is 24.3 Å². The molecule has 0 radical (unpaired) electrons. The first-order chi connectivity index (χ1) is 12.2. The van der Waals surface area contributed by atoms with E-state index in [9.17, 15) is 9.18 Å². The number of amides is 1. The van der Waals surface area contributed by atoms with E-state index in [0.717, 1.165) is 11.0 Å². The number of aromatic nitrogens is 1. The van der Waals surface area contributed by atoms with Gasteiger partial charge >= 0.3 is 0 Å². The molecule has 0 saturated heterocycles. The molecule has 124 valence electrons. The number of fused-ring (bicyclic) bond motifs is 1. The van der Waals surface area contributed by atoms with E-state index in [0.29, 0.717) is 22.9 Å². The zero-order chi connectivity index (χ0) is 17.2. The number of hydrogen-bond donors (Lipinski definition) is 1. The monoisotopic (exact) mass is 336 g/mol. The number of nitrogens with one attached hydrogen (secondary N) is 1. The molecule has 2 heterocycles. The molecule has 6 heteroatoms. The van der Waals surface area contributed by atoms with Gasteiger partial charge in [0, 0.05) is 17.1 Å². The smallest absolute Gasteiger partial charge is 0.230 e.